The lowest BCUT2D eigenvalue weighted by Crippen LogP contribution is -2.10. The standard InChI is InChI=1S/C17H27NO2/c1-3-4-5-6-7-8-9-10-17(20)18-15-12-11-14(2)16(19)13-15/h11-13,19H,3-10H2,1-2H3,(H,18,20). The van der Waals surface area contributed by atoms with Gasteiger partial charge in [-0.25, -0.2) is 0 Å². The van der Waals surface area contributed by atoms with Gasteiger partial charge in [0, 0.05) is 18.2 Å². The van der Waals surface area contributed by atoms with Crippen LogP contribution in [0.5, 0.6) is 5.75 Å². The quantitative estimate of drug-likeness (QED) is 0.638. The molecule has 0 fully saturated rings. The second kappa shape index (κ2) is 9.40. The number of unbranched alkanes of at least 4 members (excludes halogenated alkanes) is 6. The second-order valence-electron chi connectivity index (χ2n) is 5.42. The van der Waals surface area contributed by atoms with Crippen LogP contribution in [0.3, 0.4) is 0 Å². The van der Waals surface area contributed by atoms with Gasteiger partial charge in [-0.05, 0) is 25.0 Å². The van der Waals surface area contributed by atoms with Crippen molar-refractivity contribution in [3.05, 3.63) is 23.8 Å². The van der Waals surface area contributed by atoms with Gasteiger partial charge in [0.1, 0.15) is 5.75 Å². The number of phenolic OH excluding ortho intramolecular Hbond substituents is 1. The van der Waals surface area contributed by atoms with E-state index in [0.717, 1.165) is 18.4 Å². The number of carbonyl (C=O) groups is 1. The molecule has 0 spiro atoms. The third kappa shape index (κ3) is 6.60. The predicted octanol–water partition coefficient (Wildman–Crippen LogP) is 4.78. The summed E-state index contributed by atoms with van der Waals surface area (Å²) in [6.07, 6.45) is 9.02. The van der Waals surface area contributed by atoms with Crippen molar-refractivity contribution >= 4 is 11.6 Å². The van der Waals surface area contributed by atoms with Crippen molar-refractivity contribution in [1.82, 2.24) is 0 Å². The van der Waals surface area contributed by atoms with E-state index in [9.17, 15) is 9.90 Å². The number of nitrogens with one attached hydrogen (secondary N) is 1. The van der Waals surface area contributed by atoms with Crippen LogP contribution >= 0.6 is 0 Å². The van der Waals surface area contributed by atoms with Crippen LogP contribution in [0.15, 0.2) is 18.2 Å². The zero-order valence-electron chi connectivity index (χ0n) is 12.7. The van der Waals surface area contributed by atoms with Gasteiger partial charge in [0.15, 0.2) is 0 Å². The maximum Gasteiger partial charge on any atom is 0.224 e. The number of carbonyl (C=O) groups excluding carboxylic acids is 1. The van der Waals surface area contributed by atoms with E-state index in [2.05, 4.69) is 12.2 Å². The van der Waals surface area contributed by atoms with Crippen molar-refractivity contribution in [2.24, 2.45) is 0 Å². The Bertz CT molecular complexity index is 415. The van der Waals surface area contributed by atoms with Crippen LogP contribution in [-0.2, 0) is 4.79 Å². The fraction of sp³-hybridized carbons (Fsp3) is 0.588. The second-order valence-corrected chi connectivity index (χ2v) is 5.42. The molecule has 0 atom stereocenters. The van der Waals surface area contributed by atoms with Crippen molar-refractivity contribution in [3.8, 4) is 5.75 Å². The highest BCUT2D eigenvalue weighted by molar-refractivity contribution is 5.90. The number of benzene rings is 1. The summed E-state index contributed by atoms with van der Waals surface area (Å²) in [5.74, 6) is 0.250. The maximum atomic E-state index is 11.8. The lowest BCUT2D eigenvalue weighted by molar-refractivity contribution is -0.116. The Labute approximate surface area is 122 Å². The molecule has 1 rings (SSSR count). The van der Waals surface area contributed by atoms with Gasteiger partial charge in [0.25, 0.3) is 0 Å². The van der Waals surface area contributed by atoms with E-state index in [4.69, 9.17) is 0 Å². The summed E-state index contributed by atoms with van der Waals surface area (Å²) in [6, 6.07) is 5.22. The highest BCUT2D eigenvalue weighted by Gasteiger charge is 2.04. The number of hydrogen-bond donors (Lipinski definition) is 2. The molecule has 0 unspecified atom stereocenters. The number of amides is 1. The Kier molecular flexibility index (Phi) is 7.78. The highest BCUT2D eigenvalue weighted by Crippen LogP contribution is 2.21. The van der Waals surface area contributed by atoms with Crippen LogP contribution in [0, 0.1) is 6.92 Å². The van der Waals surface area contributed by atoms with Crippen molar-refractivity contribution in [2.45, 2.75) is 65.2 Å². The molecular formula is C17H27NO2. The molecular weight excluding hydrogens is 250 g/mol. The van der Waals surface area contributed by atoms with E-state index in [1.165, 1.54) is 32.1 Å². The molecule has 0 aliphatic heterocycles. The Morgan fingerprint density at radius 3 is 2.40 bits per heavy atom. The number of aryl methyl sites for hydroxylation is 1. The first-order valence-corrected chi connectivity index (χ1v) is 7.73. The van der Waals surface area contributed by atoms with Gasteiger partial charge in [-0.1, -0.05) is 51.5 Å². The van der Waals surface area contributed by atoms with Gasteiger partial charge in [0.05, 0.1) is 0 Å². The number of aromatic hydroxyl groups is 1. The SMILES string of the molecule is CCCCCCCCCC(=O)Nc1ccc(C)c(O)c1. The average Bonchev–Trinajstić information content (AvgIpc) is 2.42. The highest BCUT2D eigenvalue weighted by atomic mass is 16.3. The van der Waals surface area contributed by atoms with E-state index >= 15 is 0 Å². The first-order chi connectivity index (χ1) is 9.63. The fourth-order valence-corrected chi connectivity index (χ4v) is 2.15. The average molecular weight is 277 g/mol. The third-order valence-electron chi connectivity index (χ3n) is 3.50. The molecule has 1 aromatic carbocycles. The molecule has 0 saturated carbocycles. The van der Waals surface area contributed by atoms with Crippen LogP contribution in [0.2, 0.25) is 0 Å². The maximum absolute atomic E-state index is 11.8. The van der Waals surface area contributed by atoms with E-state index in [1.807, 2.05) is 13.0 Å². The molecule has 3 nitrogen and oxygen atoms in total. The smallest absolute Gasteiger partial charge is 0.224 e. The number of anilines is 1. The summed E-state index contributed by atoms with van der Waals surface area (Å²) in [5.41, 5.74) is 1.48. The van der Waals surface area contributed by atoms with Crippen LogP contribution in [0.1, 0.15) is 63.9 Å². The topological polar surface area (TPSA) is 49.3 Å². The molecule has 112 valence electrons. The molecule has 2 N–H and O–H groups in total. The largest absolute Gasteiger partial charge is 0.508 e. The Morgan fingerprint density at radius 2 is 1.75 bits per heavy atom. The van der Waals surface area contributed by atoms with Gasteiger partial charge in [0.2, 0.25) is 5.91 Å². The number of rotatable bonds is 9. The summed E-state index contributed by atoms with van der Waals surface area (Å²) in [7, 11) is 0. The summed E-state index contributed by atoms with van der Waals surface area (Å²) in [4.78, 5) is 11.8. The molecule has 20 heavy (non-hydrogen) atoms. The summed E-state index contributed by atoms with van der Waals surface area (Å²) in [5, 5.41) is 12.4. The molecule has 0 bridgehead atoms. The zero-order chi connectivity index (χ0) is 14.8. The van der Waals surface area contributed by atoms with Crippen LogP contribution in [0.4, 0.5) is 5.69 Å². The van der Waals surface area contributed by atoms with Gasteiger partial charge in [-0.15, -0.1) is 0 Å². The van der Waals surface area contributed by atoms with Crippen molar-refractivity contribution in [2.75, 3.05) is 5.32 Å². The van der Waals surface area contributed by atoms with Crippen LogP contribution < -0.4 is 5.32 Å². The minimum absolute atomic E-state index is 0.0295. The number of hydrogen-bond acceptors (Lipinski definition) is 2. The first kappa shape index (κ1) is 16.5. The minimum atomic E-state index is 0.0295. The minimum Gasteiger partial charge on any atom is -0.508 e. The van der Waals surface area contributed by atoms with Crippen molar-refractivity contribution < 1.29 is 9.90 Å². The summed E-state index contributed by atoms with van der Waals surface area (Å²) >= 11 is 0. The molecule has 0 radical (unpaired) electrons. The van der Waals surface area contributed by atoms with Crippen LogP contribution in [-0.4, -0.2) is 11.0 Å². The lowest BCUT2D eigenvalue weighted by Gasteiger charge is -2.07. The normalized spacial score (nSPS) is 10.5. The van der Waals surface area contributed by atoms with Gasteiger partial charge >= 0.3 is 0 Å². The van der Waals surface area contributed by atoms with Gasteiger partial charge in [-0.2, -0.15) is 0 Å². The zero-order valence-corrected chi connectivity index (χ0v) is 12.7. The predicted molar refractivity (Wildman–Crippen MR) is 84.1 cm³/mol. The van der Waals surface area contributed by atoms with E-state index in [0.29, 0.717) is 12.1 Å². The molecule has 0 aromatic heterocycles. The van der Waals surface area contributed by atoms with Crippen LogP contribution in [0.25, 0.3) is 0 Å². The number of phenols is 1. The fourth-order valence-electron chi connectivity index (χ4n) is 2.15. The van der Waals surface area contributed by atoms with Gasteiger partial charge < -0.3 is 10.4 Å². The third-order valence-corrected chi connectivity index (χ3v) is 3.50. The van der Waals surface area contributed by atoms with Gasteiger partial charge in [-0.3, -0.25) is 4.79 Å². The molecule has 0 aliphatic carbocycles. The molecule has 3 heteroatoms. The Balaban J connectivity index is 2.15. The van der Waals surface area contributed by atoms with Crippen molar-refractivity contribution in [1.29, 1.82) is 0 Å². The monoisotopic (exact) mass is 277 g/mol. The lowest BCUT2D eigenvalue weighted by atomic mass is 10.1. The first-order valence-electron chi connectivity index (χ1n) is 7.73. The summed E-state index contributed by atoms with van der Waals surface area (Å²) < 4.78 is 0. The van der Waals surface area contributed by atoms with E-state index in [1.54, 1.807) is 12.1 Å². The molecule has 1 amide bonds. The Morgan fingerprint density at radius 1 is 1.10 bits per heavy atom. The Hall–Kier alpha value is -1.51. The molecule has 0 heterocycles. The van der Waals surface area contributed by atoms with E-state index < -0.39 is 0 Å². The van der Waals surface area contributed by atoms with E-state index in [-0.39, 0.29) is 11.7 Å². The van der Waals surface area contributed by atoms with Crippen molar-refractivity contribution in [3.63, 3.8) is 0 Å². The molecule has 0 aliphatic rings. The molecule has 0 saturated heterocycles. The summed E-state index contributed by atoms with van der Waals surface area (Å²) in [6.45, 7) is 4.05. The molecule has 1 aromatic rings.